The summed E-state index contributed by atoms with van der Waals surface area (Å²) >= 11 is 0. The molecule has 0 spiro atoms. The number of likely N-dealkylation sites (tertiary alicyclic amines) is 1. The Labute approximate surface area is 99.4 Å². The van der Waals surface area contributed by atoms with E-state index in [-0.39, 0.29) is 31.5 Å². The normalized spacial score (nSPS) is 22.0. The van der Waals surface area contributed by atoms with Crippen LogP contribution in [0.4, 0.5) is 13.2 Å². The minimum absolute atomic E-state index is 0.113. The van der Waals surface area contributed by atoms with Crippen molar-refractivity contribution in [3.8, 4) is 0 Å². The smallest absolute Gasteiger partial charge is 0.341 e. The van der Waals surface area contributed by atoms with Gasteiger partial charge in [-0.2, -0.15) is 13.2 Å². The molecule has 1 N–H and O–H groups in total. The number of nitrogens with one attached hydrogen (secondary N) is 1. The molecule has 1 rings (SSSR count). The summed E-state index contributed by atoms with van der Waals surface area (Å²) in [6, 6.07) is 0.155. The third-order valence-electron chi connectivity index (χ3n) is 2.90. The van der Waals surface area contributed by atoms with Crippen LogP contribution in [0, 0.1) is 5.92 Å². The van der Waals surface area contributed by atoms with Crippen LogP contribution in [-0.4, -0.2) is 42.7 Å². The molecule has 1 atom stereocenters. The Kier molecular flexibility index (Phi) is 4.80. The van der Waals surface area contributed by atoms with Gasteiger partial charge in [0.25, 0.3) is 0 Å². The number of halogens is 3. The molecule has 1 heterocycles. The second kappa shape index (κ2) is 5.71. The highest BCUT2D eigenvalue weighted by Crippen LogP contribution is 2.32. The van der Waals surface area contributed by atoms with Crippen molar-refractivity contribution in [2.75, 3.05) is 19.6 Å². The zero-order valence-electron chi connectivity index (χ0n) is 10.2. The molecule has 0 saturated carbocycles. The van der Waals surface area contributed by atoms with Gasteiger partial charge in [-0.25, -0.2) is 0 Å². The number of hydrogen-bond acceptors (Lipinski definition) is 2. The second-order valence-corrected chi connectivity index (χ2v) is 4.76. The van der Waals surface area contributed by atoms with Gasteiger partial charge in [0.15, 0.2) is 0 Å². The Morgan fingerprint density at radius 2 is 2.12 bits per heavy atom. The number of nitrogens with zero attached hydrogens (tertiary/aromatic N) is 1. The lowest BCUT2D eigenvalue weighted by atomic mass is 9.97. The predicted octanol–water partition coefficient (Wildman–Crippen LogP) is 1.79. The first-order chi connectivity index (χ1) is 7.80. The van der Waals surface area contributed by atoms with E-state index in [1.165, 1.54) is 4.90 Å². The molecular weight excluding hydrogens is 233 g/mol. The molecule has 0 aromatic heterocycles. The van der Waals surface area contributed by atoms with Gasteiger partial charge in [0.2, 0.25) is 5.91 Å². The monoisotopic (exact) mass is 252 g/mol. The average Bonchev–Trinajstić information content (AvgIpc) is 2.25. The van der Waals surface area contributed by atoms with Gasteiger partial charge >= 0.3 is 6.18 Å². The van der Waals surface area contributed by atoms with Crippen molar-refractivity contribution in [1.82, 2.24) is 10.2 Å². The van der Waals surface area contributed by atoms with Crippen molar-refractivity contribution in [3.05, 3.63) is 0 Å². The van der Waals surface area contributed by atoms with Gasteiger partial charge in [0, 0.05) is 19.1 Å². The Balaban J connectivity index is 2.46. The molecule has 1 saturated heterocycles. The Morgan fingerprint density at radius 1 is 1.47 bits per heavy atom. The maximum atomic E-state index is 12.5. The summed E-state index contributed by atoms with van der Waals surface area (Å²) in [5, 5.41) is 2.92. The van der Waals surface area contributed by atoms with Crippen molar-refractivity contribution in [3.63, 3.8) is 0 Å². The molecule has 3 nitrogen and oxygen atoms in total. The number of hydrogen-bond donors (Lipinski definition) is 1. The molecular formula is C11H19F3N2O. The van der Waals surface area contributed by atoms with Gasteiger partial charge < -0.3 is 10.2 Å². The van der Waals surface area contributed by atoms with E-state index in [4.69, 9.17) is 0 Å². The molecule has 6 heteroatoms. The molecule has 100 valence electrons. The first-order valence-electron chi connectivity index (χ1n) is 5.88. The first kappa shape index (κ1) is 14.3. The Bertz CT molecular complexity index is 266. The summed E-state index contributed by atoms with van der Waals surface area (Å²) < 4.78 is 37.6. The summed E-state index contributed by atoms with van der Waals surface area (Å²) in [5.74, 6) is -1.60. The van der Waals surface area contributed by atoms with Crippen molar-refractivity contribution < 1.29 is 18.0 Å². The van der Waals surface area contributed by atoms with Crippen LogP contribution in [0.15, 0.2) is 0 Å². The van der Waals surface area contributed by atoms with E-state index >= 15 is 0 Å². The van der Waals surface area contributed by atoms with Crippen LogP contribution in [0.1, 0.15) is 26.7 Å². The summed E-state index contributed by atoms with van der Waals surface area (Å²) in [4.78, 5) is 13.0. The third-order valence-corrected chi connectivity index (χ3v) is 2.90. The van der Waals surface area contributed by atoms with Crippen LogP contribution in [0.3, 0.4) is 0 Å². The number of alkyl halides is 3. The molecule has 0 aromatic carbocycles. The lowest BCUT2D eigenvalue weighted by Crippen LogP contribution is -2.48. The number of carbonyl (C=O) groups is 1. The average molecular weight is 252 g/mol. The largest absolute Gasteiger partial charge is 0.393 e. The number of rotatable bonds is 3. The van der Waals surface area contributed by atoms with E-state index in [9.17, 15) is 18.0 Å². The van der Waals surface area contributed by atoms with Crippen LogP contribution in [-0.2, 0) is 4.79 Å². The number of piperidine rings is 1. The summed E-state index contributed by atoms with van der Waals surface area (Å²) in [6.45, 7) is 4.14. The van der Waals surface area contributed by atoms with Gasteiger partial charge in [-0.1, -0.05) is 13.8 Å². The molecule has 0 aromatic rings. The van der Waals surface area contributed by atoms with E-state index in [0.717, 1.165) is 0 Å². The van der Waals surface area contributed by atoms with Crippen LogP contribution in [0.25, 0.3) is 0 Å². The molecule has 0 radical (unpaired) electrons. The fourth-order valence-corrected chi connectivity index (χ4v) is 1.87. The van der Waals surface area contributed by atoms with Crippen molar-refractivity contribution in [2.45, 2.75) is 38.9 Å². The van der Waals surface area contributed by atoms with Gasteiger partial charge in [-0.3, -0.25) is 4.79 Å². The first-order valence-corrected chi connectivity index (χ1v) is 5.88. The topological polar surface area (TPSA) is 32.3 Å². The summed E-state index contributed by atoms with van der Waals surface area (Å²) in [7, 11) is 0. The molecule has 1 fully saturated rings. The van der Waals surface area contributed by atoms with Crippen LogP contribution >= 0.6 is 0 Å². The quantitative estimate of drug-likeness (QED) is 0.830. The highest BCUT2D eigenvalue weighted by molar-refractivity contribution is 5.78. The van der Waals surface area contributed by atoms with Crippen molar-refractivity contribution in [1.29, 1.82) is 0 Å². The van der Waals surface area contributed by atoms with E-state index in [1.807, 2.05) is 13.8 Å². The highest BCUT2D eigenvalue weighted by Gasteiger charge is 2.42. The molecule has 1 amide bonds. The number of carbonyl (C=O) groups excluding carboxylic acids is 1. The summed E-state index contributed by atoms with van der Waals surface area (Å²) in [6.07, 6.45) is -3.63. The lowest BCUT2D eigenvalue weighted by molar-refractivity contribution is -0.187. The van der Waals surface area contributed by atoms with Crippen molar-refractivity contribution >= 4 is 5.91 Å². The molecule has 17 heavy (non-hydrogen) atoms. The SMILES string of the molecule is CC(C)NCC(=O)N1CCCC(C(F)(F)F)C1. The van der Waals surface area contributed by atoms with Gasteiger partial charge in [-0.05, 0) is 12.8 Å². The maximum absolute atomic E-state index is 12.5. The summed E-state index contributed by atoms with van der Waals surface area (Å²) in [5.41, 5.74) is 0. The van der Waals surface area contributed by atoms with Crippen LogP contribution in [0.2, 0.25) is 0 Å². The van der Waals surface area contributed by atoms with Crippen LogP contribution in [0.5, 0.6) is 0 Å². The highest BCUT2D eigenvalue weighted by atomic mass is 19.4. The van der Waals surface area contributed by atoms with Gasteiger partial charge in [0.05, 0.1) is 12.5 Å². The molecule has 0 aliphatic carbocycles. The zero-order valence-corrected chi connectivity index (χ0v) is 10.2. The molecule has 0 bridgehead atoms. The molecule has 1 aliphatic heterocycles. The fraction of sp³-hybridized carbons (Fsp3) is 0.909. The number of amides is 1. The lowest BCUT2D eigenvalue weighted by Gasteiger charge is -2.34. The predicted molar refractivity (Wildman–Crippen MR) is 58.5 cm³/mol. The fourth-order valence-electron chi connectivity index (χ4n) is 1.87. The maximum Gasteiger partial charge on any atom is 0.393 e. The standard InChI is InChI=1S/C11H19F3N2O/c1-8(2)15-6-10(17)16-5-3-4-9(7-16)11(12,13)14/h8-9,15H,3-7H2,1-2H3. The van der Waals surface area contributed by atoms with E-state index in [1.54, 1.807) is 0 Å². The third kappa shape index (κ3) is 4.53. The minimum atomic E-state index is -4.19. The van der Waals surface area contributed by atoms with E-state index < -0.39 is 12.1 Å². The Morgan fingerprint density at radius 3 is 2.65 bits per heavy atom. The van der Waals surface area contributed by atoms with E-state index in [2.05, 4.69) is 5.32 Å². The zero-order chi connectivity index (χ0) is 13.1. The van der Waals surface area contributed by atoms with Gasteiger partial charge in [-0.15, -0.1) is 0 Å². The molecule has 1 aliphatic rings. The Hall–Kier alpha value is -0.780. The molecule has 1 unspecified atom stereocenters. The van der Waals surface area contributed by atoms with Gasteiger partial charge in [0.1, 0.15) is 0 Å². The van der Waals surface area contributed by atoms with Crippen LogP contribution < -0.4 is 5.32 Å². The van der Waals surface area contributed by atoms with E-state index in [0.29, 0.717) is 13.0 Å². The van der Waals surface area contributed by atoms with Crippen molar-refractivity contribution in [2.24, 2.45) is 5.92 Å². The second-order valence-electron chi connectivity index (χ2n) is 4.76. The minimum Gasteiger partial charge on any atom is -0.341 e.